The van der Waals surface area contributed by atoms with Crippen LogP contribution in [0.25, 0.3) is 0 Å². The predicted octanol–water partition coefficient (Wildman–Crippen LogP) is 4.97. The molecule has 1 N–H and O–H groups in total. The van der Waals surface area contributed by atoms with Crippen LogP contribution in [0.3, 0.4) is 0 Å². The maximum absolute atomic E-state index is 14.1. The predicted molar refractivity (Wildman–Crippen MR) is 82.8 cm³/mol. The van der Waals surface area contributed by atoms with Gasteiger partial charge in [0.05, 0.1) is 0 Å². The zero-order valence-electron chi connectivity index (χ0n) is 11.7. The summed E-state index contributed by atoms with van der Waals surface area (Å²) in [5, 5.41) is 3.10. The third-order valence-corrected chi connectivity index (χ3v) is 3.74. The Balaban J connectivity index is 2.42. The van der Waals surface area contributed by atoms with Crippen molar-refractivity contribution in [3.05, 3.63) is 57.8 Å². The van der Waals surface area contributed by atoms with Crippen LogP contribution in [0, 0.1) is 12.7 Å². The lowest BCUT2D eigenvalue weighted by Crippen LogP contribution is -2.13. The number of ether oxygens (including phenoxy) is 1. The number of hydrogen-bond acceptors (Lipinski definition) is 2. The average Bonchev–Trinajstić information content (AvgIpc) is 2.42. The average molecular weight is 338 g/mol. The fourth-order valence-electron chi connectivity index (χ4n) is 1.97. The smallest absolute Gasteiger partial charge is 0.167 e. The van der Waals surface area contributed by atoms with Gasteiger partial charge < -0.3 is 10.1 Å². The van der Waals surface area contributed by atoms with E-state index in [2.05, 4.69) is 21.2 Å². The molecule has 0 fully saturated rings. The molecule has 2 aromatic carbocycles. The van der Waals surface area contributed by atoms with Crippen LogP contribution < -0.4 is 10.1 Å². The van der Waals surface area contributed by atoms with E-state index in [4.69, 9.17) is 4.74 Å². The van der Waals surface area contributed by atoms with Crippen molar-refractivity contribution in [1.29, 1.82) is 0 Å². The van der Waals surface area contributed by atoms with Crippen LogP contribution in [-0.2, 0) is 0 Å². The van der Waals surface area contributed by atoms with Gasteiger partial charge >= 0.3 is 0 Å². The first-order valence-electron chi connectivity index (χ1n) is 6.42. The molecular weight excluding hydrogens is 321 g/mol. The van der Waals surface area contributed by atoms with E-state index in [-0.39, 0.29) is 17.6 Å². The van der Waals surface area contributed by atoms with E-state index in [0.717, 1.165) is 15.6 Å². The third-order valence-electron chi connectivity index (χ3n) is 3.25. The molecule has 0 radical (unpaired) electrons. The lowest BCUT2D eigenvalue weighted by Gasteiger charge is -2.17. The summed E-state index contributed by atoms with van der Waals surface area (Å²) in [6.07, 6.45) is 0. The van der Waals surface area contributed by atoms with E-state index >= 15 is 0 Å². The van der Waals surface area contributed by atoms with Gasteiger partial charge in [-0.25, -0.2) is 4.39 Å². The van der Waals surface area contributed by atoms with Crippen LogP contribution in [0.5, 0.6) is 11.5 Å². The molecule has 0 saturated heterocycles. The monoisotopic (exact) mass is 337 g/mol. The Hall–Kier alpha value is -1.39. The molecule has 1 atom stereocenters. The highest BCUT2D eigenvalue weighted by Crippen LogP contribution is 2.34. The fourth-order valence-corrected chi connectivity index (χ4v) is 2.44. The normalized spacial score (nSPS) is 12.2. The molecule has 0 bridgehead atoms. The van der Waals surface area contributed by atoms with Crippen LogP contribution >= 0.6 is 15.9 Å². The Morgan fingerprint density at radius 1 is 1.25 bits per heavy atom. The van der Waals surface area contributed by atoms with Crippen molar-refractivity contribution in [2.45, 2.75) is 19.9 Å². The first-order chi connectivity index (χ1) is 9.52. The molecule has 2 aromatic rings. The van der Waals surface area contributed by atoms with Gasteiger partial charge in [0.25, 0.3) is 0 Å². The van der Waals surface area contributed by atoms with Crippen molar-refractivity contribution >= 4 is 15.9 Å². The van der Waals surface area contributed by atoms with Crippen molar-refractivity contribution in [3.8, 4) is 11.5 Å². The van der Waals surface area contributed by atoms with Crippen LogP contribution in [0.1, 0.15) is 24.1 Å². The number of nitrogens with one attached hydrogen (secondary N) is 1. The van der Waals surface area contributed by atoms with Gasteiger partial charge in [-0.3, -0.25) is 0 Å². The molecule has 0 aliphatic heterocycles. The molecule has 20 heavy (non-hydrogen) atoms. The fraction of sp³-hybridized carbons (Fsp3) is 0.250. The highest BCUT2D eigenvalue weighted by Gasteiger charge is 2.16. The molecular formula is C16H17BrFNO. The maximum atomic E-state index is 14.1. The van der Waals surface area contributed by atoms with Gasteiger partial charge in [-0.2, -0.15) is 0 Å². The van der Waals surface area contributed by atoms with Crippen LogP contribution in [-0.4, -0.2) is 7.05 Å². The van der Waals surface area contributed by atoms with Gasteiger partial charge in [0.2, 0.25) is 0 Å². The number of rotatable bonds is 4. The summed E-state index contributed by atoms with van der Waals surface area (Å²) in [6.45, 7) is 3.90. The summed E-state index contributed by atoms with van der Waals surface area (Å²) < 4.78 is 20.9. The molecule has 0 aliphatic rings. The Morgan fingerprint density at radius 2 is 2.00 bits per heavy atom. The first-order valence-corrected chi connectivity index (χ1v) is 7.22. The number of aryl methyl sites for hydroxylation is 1. The lowest BCUT2D eigenvalue weighted by molar-refractivity contribution is 0.426. The minimum atomic E-state index is -0.355. The van der Waals surface area contributed by atoms with Crippen molar-refractivity contribution < 1.29 is 9.13 Å². The van der Waals surface area contributed by atoms with Crippen LogP contribution in [0.4, 0.5) is 4.39 Å². The van der Waals surface area contributed by atoms with Gasteiger partial charge in [0.15, 0.2) is 11.6 Å². The summed E-state index contributed by atoms with van der Waals surface area (Å²) in [5.74, 6) is 0.578. The van der Waals surface area contributed by atoms with Crippen molar-refractivity contribution in [2.75, 3.05) is 7.05 Å². The summed E-state index contributed by atoms with van der Waals surface area (Å²) in [4.78, 5) is 0. The van der Waals surface area contributed by atoms with Gasteiger partial charge in [-0.1, -0.05) is 28.1 Å². The van der Waals surface area contributed by atoms with E-state index in [1.807, 2.05) is 45.2 Å². The molecule has 0 amide bonds. The number of benzene rings is 2. The standard InChI is InChI=1S/C16H17BrFNO/c1-10-9-12(17)7-8-15(10)20-16-13(11(2)19-3)5-4-6-14(16)18/h4-9,11,19H,1-3H3. The minimum absolute atomic E-state index is 0.0106. The van der Waals surface area contributed by atoms with Crippen LogP contribution in [0.2, 0.25) is 0 Å². The summed E-state index contributed by atoms with van der Waals surface area (Å²) >= 11 is 3.41. The Morgan fingerprint density at radius 3 is 2.65 bits per heavy atom. The van der Waals surface area contributed by atoms with Gasteiger partial charge in [0.1, 0.15) is 5.75 Å². The van der Waals surface area contributed by atoms with E-state index in [1.165, 1.54) is 6.07 Å². The Labute approximate surface area is 127 Å². The first kappa shape index (κ1) is 15.0. The largest absolute Gasteiger partial charge is 0.454 e. The van der Waals surface area contributed by atoms with Gasteiger partial charge in [-0.15, -0.1) is 0 Å². The molecule has 0 aromatic heterocycles. The molecule has 106 valence electrons. The Kier molecular flexibility index (Phi) is 4.78. The molecule has 2 rings (SSSR count). The molecule has 0 spiro atoms. The number of hydrogen-bond donors (Lipinski definition) is 1. The van der Waals surface area contributed by atoms with Crippen LogP contribution in [0.15, 0.2) is 40.9 Å². The summed E-state index contributed by atoms with van der Waals surface area (Å²) in [7, 11) is 1.84. The molecule has 0 saturated carbocycles. The molecule has 0 aliphatic carbocycles. The van der Waals surface area contributed by atoms with E-state index in [9.17, 15) is 4.39 Å². The van der Waals surface area contributed by atoms with E-state index in [1.54, 1.807) is 6.07 Å². The highest BCUT2D eigenvalue weighted by atomic mass is 79.9. The SMILES string of the molecule is CNC(C)c1cccc(F)c1Oc1ccc(Br)cc1C. The highest BCUT2D eigenvalue weighted by molar-refractivity contribution is 9.10. The molecule has 0 heterocycles. The van der Waals surface area contributed by atoms with Gasteiger partial charge in [-0.05, 0) is 50.7 Å². The zero-order chi connectivity index (χ0) is 14.7. The molecule has 4 heteroatoms. The summed E-state index contributed by atoms with van der Waals surface area (Å²) in [5.41, 5.74) is 1.75. The van der Waals surface area contributed by atoms with E-state index < -0.39 is 0 Å². The molecule has 1 unspecified atom stereocenters. The third kappa shape index (κ3) is 3.19. The van der Waals surface area contributed by atoms with Gasteiger partial charge in [0, 0.05) is 16.1 Å². The Bertz CT molecular complexity index is 615. The number of halogens is 2. The summed E-state index contributed by atoms with van der Waals surface area (Å²) in [6, 6.07) is 10.6. The topological polar surface area (TPSA) is 21.3 Å². The second-order valence-electron chi connectivity index (χ2n) is 4.68. The minimum Gasteiger partial charge on any atom is -0.454 e. The zero-order valence-corrected chi connectivity index (χ0v) is 13.3. The lowest BCUT2D eigenvalue weighted by atomic mass is 10.1. The second-order valence-corrected chi connectivity index (χ2v) is 5.60. The second kappa shape index (κ2) is 6.37. The number of para-hydroxylation sites is 1. The van der Waals surface area contributed by atoms with Crippen molar-refractivity contribution in [1.82, 2.24) is 5.32 Å². The quantitative estimate of drug-likeness (QED) is 0.850. The molecule has 2 nitrogen and oxygen atoms in total. The van der Waals surface area contributed by atoms with Crippen molar-refractivity contribution in [2.24, 2.45) is 0 Å². The van der Waals surface area contributed by atoms with E-state index in [0.29, 0.717) is 5.75 Å². The maximum Gasteiger partial charge on any atom is 0.167 e. The van der Waals surface area contributed by atoms with Crippen molar-refractivity contribution in [3.63, 3.8) is 0 Å².